The summed E-state index contributed by atoms with van der Waals surface area (Å²) in [6, 6.07) is 6.07. The molecule has 21 heavy (non-hydrogen) atoms. The summed E-state index contributed by atoms with van der Waals surface area (Å²) in [7, 11) is 0. The quantitative estimate of drug-likeness (QED) is 0.832. The van der Waals surface area contributed by atoms with Crippen LogP contribution in [0.2, 0.25) is 10.0 Å². The number of aryl methyl sites for hydroxylation is 2. The molecule has 2 amide bonds. The van der Waals surface area contributed by atoms with E-state index in [0.29, 0.717) is 22.1 Å². The van der Waals surface area contributed by atoms with Crippen LogP contribution in [-0.4, -0.2) is 11.8 Å². The van der Waals surface area contributed by atoms with Crippen molar-refractivity contribution in [1.82, 2.24) is 10.9 Å². The predicted octanol–water partition coefficient (Wildman–Crippen LogP) is 3.28. The highest BCUT2D eigenvalue weighted by molar-refractivity contribution is 6.35. The molecule has 0 radical (unpaired) electrons. The van der Waals surface area contributed by atoms with Gasteiger partial charge in [-0.25, -0.2) is 0 Å². The van der Waals surface area contributed by atoms with Crippen molar-refractivity contribution in [1.29, 1.82) is 0 Å². The first kappa shape index (κ1) is 15.4. The van der Waals surface area contributed by atoms with Gasteiger partial charge in [-0.2, -0.15) is 0 Å². The lowest BCUT2D eigenvalue weighted by atomic mass is 10.2. The van der Waals surface area contributed by atoms with Crippen LogP contribution in [0.25, 0.3) is 0 Å². The second-order valence-corrected chi connectivity index (χ2v) is 5.20. The highest BCUT2D eigenvalue weighted by atomic mass is 35.5. The Morgan fingerprint density at radius 3 is 2.19 bits per heavy atom. The molecule has 2 N–H and O–H groups in total. The topological polar surface area (TPSA) is 71.3 Å². The summed E-state index contributed by atoms with van der Waals surface area (Å²) >= 11 is 11.7. The summed E-state index contributed by atoms with van der Waals surface area (Å²) in [5.74, 6) is 0.0477. The zero-order chi connectivity index (χ0) is 15.6. The molecule has 5 nitrogen and oxygen atoms in total. The van der Waals surface area contributed by atoms with Crippen LogP contribution >= 0.6 is 23.2 Å². The monoisotopic (exact) mass is 326 g/mol. The predicted molar refractivity (Wildman–Crippen MR) is 79.6 cm³/mol. The molecular formula is C14H12Cl2N2O3. The van der Waals surface area contributed by atoms with Crippen molar-refractivity contribution >= 4 is 35.0 Å². The van der Waals surface area contributed by atoms with Crippen LogP contribution < -0.4 is 10.9 Å². The number of carbonyl (C=O) groups is 2. The van der Waals surface area contributed by atoms with Crippen molar-refractivity contribution in [2.75, 3.05) is 0 Å². The zero-order valence-corrected chi connectivity index (χ0v) is 12.8. The van der Waals surface area contributed by atoms with Crippen molar-refractivity contribution in [2.24, 2.45) is 0 Å². The second-order valence-electron chi connectivity index (χ2n) is 4.36. The van der Waals surface area contributed by atoms with E-state index in [1.54, 1.807) is 26.0 Å². The van der Waals surface area contributed by atoms with E-state index < -0.39 is 11.8 Å². The second kappa shape index (κ2) is 6.20. The summed E-state index contributed by atoms with van der Waals surface area (Å²) in [6.07, 6.45) is 0. The molecule has 0 aliphatic rings. The van der Waals surface area contributed by atoms with E-state index >= 15 is 0 Å². The van der Waals surface area contributed by atoms with Crippen LogP contribution in [-0.2, 0) is 0 Å². The van der Waals surface area contributed by atoms with Gasteiger partial charge >= 0.3 is 0 Å². The van der Waals surface area contributed by atoms with Crippen molar-refractivity contribution < 1.29 is 14.0 Å². The molecule has 1 heterocycles. The number of furan rings is 1. The third-order valence-corrected chi connectivity index (χ3v) is 3.31. The molecule has 0 atom stereocenters. The molecule has 7 heteroatoms. The fourth-order valence-electron chi connectivity index (χ4n) is 1.78. The third-order valence-electron chi connectivity index (χ3n) is 2.75. The molecule has 110 valence electrons. The lowest BCUT2D eigenvalue weighted by molar-refractivity contribution is 0.0846. The van der Waals surface area contributed by atoms with Crippen LogP contribution in [0.5, 0.6) is 0 Å². The molecule has 1 aromatic carbocycles. The highest BCUT2D eigenvalue weighted by Crippen LogP contribution is 2.20. The van der Waals surface area contributed by atoms with Crippen molar-refractivity contribution in [3.63, 3.8) is 0 Å². The van der Waals surface area contributed by atoms with Gasteiger partial charge in [0.15, 0.2) is 0 Å². The Hall–Kier alpha value is -1.98. The maximum absolute atomic E-state index is 12.0. The minimum atomic E-state index is -0.561. The molecule has 2 rings (SSSR count). The SMILES string of the molecule is Cc1cc(C(=O)NNC(=O)c2cc(Cl)ccc2Cl)c(C)o1. The summed E-state index contributed by atoms with van der Waals surface area (Å²) in [5.41, 5.74) is 5.10. The lowest BCUT2D eigenvalue weighted by Crippen LogP contribution is -2.41. The summed E-state index contributed by atoms with van der Waals surface area (Å²) in [5, 5.41) is 0.610. The van der Waals surface area contributed by atoms with Crippen LogP contribution in [0.3, 0.4) is 0 Å². The molecule has 0 aliphatic carbocycles. The molecule has 2 aromatic rings. The number of hydrogen-bond donors (Lipinski definition) is 2. The van der Waals surface area contributed by atoms with Crippen LogP contribution in [0, 0.1) is 13.8 Å². The molecule has 0 unspecified atom stereocenters. The molecule has 0 fully saturated rings. The van der Waals surface area contributed by atoms with Crippen LogP contribution in [0.4, 0.5) is 0 Å². The highest BCUT2D eigenvalue weighted by Gasteiger charge is 2.16. The van der Waals surface area contributed by atoms with Gasteiger partial charge in [-0.05, 0) is 38.1 Å². The van der Waals surface area contributed by atoms with Gasteiger partial charge in [-0.1, -0.05) is 23.2 Å². The van der Waals surface area contributed by atoms with Gasteiger partial charge in [0.05, 0.1) is 16.1 Å². The van der Waals surface area contributed by atoms with E-state index in [1.165, 1.54) is 12.1 Å². The third kappa shape index (κ3) is 3.56. The van der Waals surface area contributed by atoms with E-state index in [9.17, 15) is 9.59 Å². The van der Waals surface area contributed by atoms with Crippen molar-refractivity contribution in [3.8, 4) is 0 Å². The van der Waals surface area contributed by atoms with E-state index in [0.717, 1.165) is 0 Å². The minimum Gasteiger partial charge on any atom is -0.466 e. The van der Waals surface area contributed by atoms with Gasteiger partial charge in [0.1, 0.15) is 11.5 Å². The van der Waals surface area contributed by atoms with E-state index in [1.807, 2.05) is 0 Å². The Morgan fingerprint density at radius 2 is 1.62 bits per heavy atom. The first-order valence-electron chi connectivity index (χ1n) is 6.01. The van der Waals surface area contributed by atoms with Gasteiger partial charge < -0.3 is 4.42 Å². The number of rotatable bonds is 2. The van der Waals surface area contributed by atoms with Gasteiger partial charge in [0.25, 0.3) is 11.8 Å². The average molecular weight is 327 g/mol. The number of nitrogens with one attached hydrogen (secondary N) is 2. The number of hydrazine groups is 1. The van der Waals surface area contributed by atoms with E-state index in [2.05, 4.69) is 10.9 Å². The summed E-state index contributed by atoms with van der Waals surface area (Å²) in [4.78, 5) is 23.9. The Labute approximate surface area is 131 Å². The first-order valence-corrected chi connectivity index (χ1v) is 6.77. The molecule has 0 aliphatic heterocycles. The number of benzene rings is 1. The number of hydrogen-bond acceptors (Lipinski definition) is 3. The maximum atomic E-state index is 12.0. The zero-order valence-electron chi connectivity index (χ0n) is 11.3. The normalized spacial score (nSPS) is 10.3. The summed E-state index contributed by atoms with van der Waals surface area (Å²) < 4.78 is 5.25. The Kier molecular flexibility index (Phi) is 4.55. The number of amides is 2. The summed E-state index contributed by atoms with van der Waals surface area (Å²) in [6.45, 7) is 3.39. The van der Waals surface area contributed by atoms with Crippen LogP contribution in [0.1, 0.15) is 32.2 Å². The fraction of sp³-hybridized carbons (Fsp3) is 0.143. The molecule has 1 aromatic heterocycles. The number of halogens is 2. The molecule has 0 bridgehead atoms. The largest absolute Gasteiger partial charge is 0.466 e. The molecular weight excluding hydrogens is 315 g/mol. The van der Waals surface area contributed by atoms with Gasteiger partial charge in [-0.15, -0.1) is 0 Å². The standard InChI is InChI=1S/C14H12Cl2N2O3/c1-7-5-10(8(2)21-7)13(19)17-18-14(20)11-6-9(15)3-4-12(11)16/h3-6H,1-2H3,(H,17,19)(H,18,20). The molecule has 0 spiro atoms. The van der Waals surface area contributed by atoms with Crippen molar-refractivity contribution in [2.45, 2.75) is 13.8 Å². The lowest BCUT2D eigenvalue weighted by Gasteiger charge is -2.08. The molecule has 0 saturated carbocycles. The maximum Gasteiger partial charge on any atom is 0.273 e. The average Bonchev–Trinajstić information content (AvgIpc) is 2.77. The van der Waals surface area contributed by atoms with Gasteiger partial charge in [0, 0.05) is 5.02 Å². The van der Waals surface area contributed by atoms with Crippen LogP contribution in [0.15, 0.2) is 28.7 Å². The van der Waals surface area contributed by atoms with Gasteiger partial charge in [0.2, 0.25) is 0 Å². The van der Waals surface area contributed by atoms with E-state index in [-0.39, 0.29) is 10.6 Å². The van der Waals surface area contributed by atoms with Crippen molar-refractivity contribution in [3.05, 3.63) is 57.0 Å². The van der Waals surface area contributed by atoms with E-state index in [4.69, 9.17) is 27.6 Å². The Balaban J connectivity index is 2.06. The minimum absolute atomic E-state index is 0.171. The number of carbonyl (C=O) groups excluding carboxylic acids is 2. The fourth-order valence-corrected chi connectivity index (χ4v) is 2.15. The van der Waals surface area contributed by atoms with Gasteiger partial charge in [-0.3, -0.25) is 20.4 Å². The molecule has 0 saturated heterocycles. The Morgan fingerprint density at radius 1 is 1.00 bits per heavy atom. The Bertz CT molecular complexity index is 710. The first-order chi connectivity index (χ1) is 9.88. The smallest absolute Gasteiger partial charge is 0.273 e.